The minimum Gasteiger partial charge on any atom is -0.497 e. The van der Waals surface area contributed by atoms with Crippen molar-refractivity contribution in [1.29, 1.82) is 0 Å². The van der Waals surface area contributed by atoms with Crippen LogP contribution in [0.25, 0.3) is 16.7 Å². The van der Waals surface area contributed by atoms with Crippen molar-refractivity contribution in [3.8, 4) is 5.75 Å². The van der Waals surface area contributed by atoms with Crippen LogP contribution in [0, 0.1) is 0 Å². The van der Waals surface area contributed by atoms with Gasteiger partial charge in [0.15, 0.2) is 5.16 Å². The summed E-state index contributed by atoms with van der Waals surface area (Å²) in [7, 11) is 3.32. The second-order valence-electron chi connectivity index (χ2n) is 6.58. The Morgan fingerprint density at radius 2 is 1.93 bits per heavy atom. The predicted molar refractivity (Wildman–Crippen MR) is 114 cm³/mol. The van der Waals surface area contributed by atoms with Gasteiger partial charge in [-0.2, -0.15) is 0 Å². The van der Waals surface area contributed by atoms with Gasteiger partial charge in [-0.15, -0.1) is 10.2 Å². The Hall–Kier alpha value is -2.84. The third-order valence-electron chi connectivity index (χ3n) is 4.71. The number of hydrogen-bond acceptors (Lipinski definition) is 6. The highest BCUT2D eigenvalue weighted by atomic mass is 32.2. The van der Waals surface area contributed by atoms with Crippen molar-refractivity contribution >= 4 is 28.4 Å². The summed E-state index contributed by atoms with van der Waals surface area (Å²) in [6, 6.07) is 15.5. The van der Waals surface area contributed by atoms with Crippen LogP contribution in [0.15, 0.2) is 58.5 Å². The van der Waals surface area contributed by atoms with Crippen LogP contribution in [0.5, 0.6) is 5.75 Å². The van der Waals surface area contributed by atoms with Crippen molar-refractivity contribution < 1.29 is 9.47 Å². The molecule has 0 saturated carbocycles. The summed E-state index contributed by atoms with van der Waals surface area (Å²) >= 11 is 1.58. The Bertz CT molecular complexity index is 1200. The molecule has 0 fully saturated rings. The van der Waals surface area contributed by atoms with Crippen LogP contribution in [0.2, 0.25) is 0 Å². The molecule has 0 bridgehead atoms. The topological polar surface area (TPSA) is 70.7 Å². The van der Waals surface area contributed by atoms with E-state index < -0.39 is 0 Å². The highest BCUT2D eigenvalue weighted by Crippen LogP contribution is 2.26. The first-order valence-corrected chi connectivity index (χ1v) is 10.3. The van der Waals surface area contributed by atoms with Crippen LogP contribution < -0.4 is 10.3 Å². The zero-order valence-corrected chi connectivity index (χ0v) is 17.2. The summed E-state index contributed by atoms with van der Waals surface area (Å²) in [5.74, 6) is 2.10. The largest absolute Gasteiger partial charge is 0.497 e. The molecule has 0 amide bonds. The molecule has 0 radical (unpaired) electrons. The standard InChI is InChI=1S/C21H22N4O3S/c1-27-12-6-11-24-19(26)17-9-3-4-10-18(17)25-20(24)22-23-21(25)29-14-15-7-5-8-16(13-15)28-2/h3-5,7-10,13H,6,11-12,14H2,1-2H3. The first-order valence-electron chi connectivity index (χ1n) is 9.34. The number of fused-ring (bicyclic) bond motifs is 3. The van der Waals surface area contributed by atoms with Gasteiger partial charge in [-0.3, -0.25) is 13.8 Å². The van der Waals surface area contributed by atoms with Crippen molar-refractivity contribution in [3.63, 3.8) is 0 Å². The molecule has 0 N–H and O–H groups in total. The second-order valence-corrected chi connectivity index (χ2v) is 7.52. The molecule has 29 heavy (non-hydrogen) atoms. The van der Waals surface area contributed by atoms with Gasteiger partial charge in [0.25, 0.3) is 5.56 Å². The van der Waals surface area contributed by atoms with Crippen LogP contribution >= 0.6 is 11.8 Å². The number of para-hydroxylation sites is 1. The van der Waals surface area contributed by atoms with E-state index in [1.807, 2.05) is 46.9 Å². The zero-order chi connectivity index (χ0) is 20.2. The lowest BCUT2D eigenvalue weighted by atomic mass is 10.2. The molecule has 0 saturated heterocycles. The average molecular weight is 410 g/mol. The minimum atomic E-state index is -0.0547. The van der Waals surface area contributed by atoms with Crippen molar-refractivity contribution in [3.05, 3.63) is 64.4 Å². The van der Waals surface area contributed by atoms with Gasteiger partial charge in [-0.25, -0.2) is 0 Å². The van der Waals surface area contributed by atoms with E-state index in [9.17, 15) is 4.79 Å². The third kappa shape index (κ3) is 3.86. The number of benzene rings is 2. The molecule has 4 rings (SSSR count). The Kier molecular flexibility index (Phi) is 5.82. The van der Waals surface area contributed by atoms with Gasteiger partial charge in [0.1, 0.15) is 5.75 Å². The number of thioether (sulfide) groups is 1. The molecular formula is C21H22N4O3S. The van der Waals surface area contributed by atoms with Crippen LogP contribution in [0.1, 0.15) is 12.0 Å². The Balaban J connectivity index is 1.76. The smallest absolute Gasteiger partial charge is 0.262 e. The summed E-state index contributed by atoms with van der Waals surface area (Å²) in [6.07, 6.45) is 0.726. The molecule has 0 spiro atoms. The summed E-state index contributed by atoms with van der Waals surface area (Å²) in [4.78, 5) is 13.0. The predicted octanol–water partition coefficient (Wildman–Crippen LogP) is 3.38. The SMILES string of the molecule is COCCCn1c(=O)c2ccccc2n2c(SCc3cccc(OC)c3)nnc12. The fourth-order valence-electron chi connectivity index (χ4n) is 3.31. The van der Waals surface area contributed by atoms with Gasteiger partial charge in [0.2, 0.25) is 5.78 Å². The zero-order valence-electron chi connectivity index (χ0n) is 16.4. The first kappa shape index (κ1) is 19.5. The van der Waals surface area contributed by atoms with Gasteiger partial charge in [0, 0.05) is 26.0 Å². The van der Waals surface area contributed by atoms with E-state index in [1.54, 1.807) is 30.5 Å². The Morgan fingerprint density at radius 3 is 2.76 bits per heavy atom. The van der Waals surface area contributed by atoms with E-state index in [1.165, 1.54) is 0 Å². The molecule has 150 valence electrons. The first-order chi connectivity index (χ1) is 14.2. The monoisotopic (exact) mass is 410 g/mol. The van der Waals surface area contributed by atoms with Crippen molar-refractivity contribution in [1.82, 2.24) is 19.2 Å². The molecule has 0 atom stereocenters. The molecule has 0 aliphatic carbocycles. The summed E-state index contributed by atoms with van der Waals surface area (Å²) in [5, 5.41) is 10.1. The molecule has 0 aliphatic rings. The van der Waals surface area contributed by atoms with Gasteiger partial charge >= 0.3 is 0 Å². The molecular weight excluding hydrogens is 388 g/mol. The van der Waals surface area contributed by atoms with E-state index in [4.69, 9.17) is 9.47 Å². The van der Waals surface area contributed by atoms with E-state index in [0.29, 0.717) is 24.3 Å². The quantitative estimate of drug-likeness (QED) is 0.328. The number of aryl methyl sites for hydroxylation is 1. The lowest BCUT2D eigenvalue weighted by Crippen LogP contribution is -2.24. The Labute approximate surface area is 172 Å². The van der Waals surface area contributed by atoms with Gasteiger partial charge in [-0.1, -0.05) is 36.0 Å². The van der Waals surface area contributed by atoms with E-state index in [-0.39, 0.29) is 5.56 Å². The molecule has 4 aromatic rings. The summed E-state index contributed by atoms with van der Waals surface area (Å²) in [6.45, 7) is 1.11. The summed E-state index contributed by atoms with van der Waals surface area (Å²) < 4.78 is 14.1. The molecule has 2 aromatic carbocycles. The second kappa shape index (κ2) is 8.67. The molecule has 0 unspecified atom stereocenters. The van der Waals surface area contributed by atoms with Crippen LogP contribution in [0.4, 0.5) is 0 Å². The fourth-order valence-corrected chi connectivity index (χ4v) is 4.19. The average Bonchev–Trinajstić information content (AvgIpc) is 3.19. The number of rotatable bonds is 8. The number of ether oxygens (including phenoxy) is 2. The number of methoxy groups -OCH3 is 2. The van der Waals surface area contributed by atoms with E-state index in [2.05, 4.69) is 16.3 Å². The molecule has 8 heteroatoms. The van der Waals surface area contributed by atoms with Crippen LogP contribution in [-0.4, -0.2) is 40.0 Å². The highest BCUT2D eigenvalue weighted by Gasteiger charge is 2.16. The van der Waals surface area contributed by atoms with Crippen molar-refractivity contribution in [2.45, 2.75) is 23.9 Å². The van der Waals surface area contributed by atoms with Crippen molar-refractivity contribution in [2.24, 2.45) is 0 Å². The Morgan fingerprint density at radius 1 is 1.07 bits per heavy atom. The molecule has 7 nitrogen and oxygen atoms in total. The lowest BCUT2D eigenvalue weighted by Gasteiger charge is -2.11. The minimum absolute atomic E-state index is 0.0547. The maximum absolute atomic E-state index is 13.0. The van der Waals surface area contributed by atoms with Gasteiger partial charge in [-0.05, 0) is 36.2 Å². The number of hydrogen-bond donors (Lipinski definition) is 0. The third-order valence-corrected chi connectivity index (χ3v) is 5.71. The highest BCUT2D eigenvalue weighted by molar-refractivity contribution is 7.98. The maximum Gasteiger partial charge on any atom is 0.262 e. The fraction of sp³-hybridized carbons (Fsp3) is 0.286. The van der Waals surface area contributed by atoms with Gasteiger partial charge in [0.05, 0.1) is 18.0 Å². The molecule has 0 aliphatic heterocycles. The summed E-state index contributed by atoms with van der Waals surface area (Å²) in [5.41, 5.74) is 1.89. The van der Waals surface area contributed by atoms with E-state index in [0.717, 1.165) is 34.2 Å². The lowest BCUT2D eigenvalue weighted by molar-refractivity contribution is 0.190. The van der Waals surface area contributed by atoms with Gasteiger partial charge < -0.3 is 9.47 Å². The number of aromatic nitrogens is 4. The molecule has 2 aromatic heterocycles. The van der Waals surface area contributed by atoms with Crippen LogP contribution in [0.3, 0.4) is 0 Å². The molecule has 2 heterocycles. The maximum atomic E-state index is 13.0. The van der Waals surface area contributed by atoms with Crippen molar-refractivity contribution in [2.75, 3.05) is 20.8 Å². The van der Waals surface area contributed by atoms with Crippen LogP contribution in [-0.2, 0) is 17.0 Å². The normalized spacial score (nSPS) is 11.4. The number of nitrogens with zero attached hydrogens (tertiary/aromatic N) is 4. The van der Waals surface area contributed by atoms with E-state index >= 15 is 0 Å².